The summed E-state index contributed by atoms with van der Waals surface area (Å²) in [7, 11) is 3.58. The topological polar surface area (TPSA) is 31.2 Å². The van der Waals surface area contributed by atoms with Crippen LogP contribution in [0.1, 0.15) is 28.9 Å². The highest BCUT2D eigenvalue weighted by atomic mass is 35.5. The number of aromatic nitrogens is 1. The molecule has 0 N–H and O–H groups in total. The van der Waals surface area contributed by atoms with Crippen LogP contribution >= 0.6 is 11.6 Å². The molecule has 1 heterocycles. The normalized spacial score (nSPS) is 14.9. The Hall–Kier alpha value is -1.48. The second-order valence-electron chi connectivity index (χ2n) is 4.66. The number of fused-ring (bicyclic) bond motifs is 3. The van der Waals surface area contributed by atoms with E-state index in [-0.39, 0.29) is 5.78 Å². The van der Waals surface area contributed by atoms with Crippen molar-refractivity contribution in [2.24, 2.45) is 7.05 Å². The van der Waals surface area contributed by atoms with Crippen molar-refractivity contribution in [2.45, 2.75) is 19.3 Å². The van der Waals surface area contributed by atoms with Crippen molar-refractivity contribution in [2.75, 3.05) is 7.11 Å². The van der Waals surface area contributed by atoms with Crippen molar-refractivity contribution in [3.8, 4) is 5.75 Å². The van der Waals surface area contributed by atoms with Crippen LogP contribution in [0.5, 0.6) is 5.75 Å². The summed E-state index contributed by atoms with van der Waals surface area (Å²) in [6, 6.07) is 3.75. The number of carbonyl (C=O) groups is 1. The van der Waals surface area contributed by atoms with Crippen LogP contribution in [0.15, 0.2) is 12.1 Å². The molecule has 1 aromatic heterocycles. The molecule has 1 aliphatic rings. The quantitative estimate of drug-likeness (QED) is 0.790. The van der Waals surface area contributed by atoms with Gasteiger partial charge in [0, 0.05) is 30.1 Å². The summed E-state index contributed by atoms with van der Waals surface area (Å²) in [5.41, 5.74) is 2.97. The zero-order valence-corrected chi connectivity index (χ0v) is 11.2. The highest BCUT2D eigenvalue weighted by Gasteiger charge is 2.25. The molecular weight excluding hydrogens is 250 g/mol. The van der Waals surface area contributed by atoms with Gasteiger partial charge in [-0.25, -0.2) is 0 Å². The molecule has 0 spiro atoms. The van der Waals surface area contributed by atoms with E-state index >= 15 is 0 Å². The summed E-state index contributed by atoms with van der Waals surface area (Å²) in [5.74, 6) is 0.849. The summed E-state index contributed by atoms with van der Waals surface area (Å²) in [4.78, 5) is 12.1. The Bertz CT molecular complexity index is 658. The molecule has 0 unspecified atom stereocenters. The minimum atomic E-state index is 0.228. The van der Waals surface area contributed by atoms with Gasteiger partial charge < -0.3 is 9.30 Å². The Morgan fingerprint density at radius 3 is 2.83 bits per heavy atom. The van der Waals surface area contributed by atoms with Crippen LogP contribution in [0.4, 0.5) is 0 Å². The van der Waals surface area contributed by atoms with E-state index in [1.165, 1.54) is 0 Å². The highest BCUT2D eigenvalue weighted by Crippen LogP contribution is 2.37. The molecule has 1 aliphatic carbocycles. The van der Waals surface area contributed by atoms with Crippen LogP contribution in [-0.4, -0.2) is 17.5 Å². The minimum absolute atomic E-state index is 0.228. The van der Waals surface area contributed by atoms with Gasteiger partial charge in [0.1, 0.15) is 5.75 Å². The molecule has 94 valence electrons. The van der Waals surface area contributed by atoms with Gasteiger partial charge in [0.05, 0.1) is 17.6 Å². The highest BCUT2D eigenvalue weighted by molar-refractivity contribution is 6.33. The lowest BCUT2D eigenvalue weighted by molar-refractivity contribution is 0.0973. The third-order valence-corrected chi connectivity index (χ3v) is 3.99. The summed E-state index contributed by atoms with van der Waals surface area (Å²) < 4.78 is 7.31. The number of Topliss-reactive ketones (excluding diaryl/α,β-unsaturated/α-hetero) is 1. The molecule has 0 bridgehead atoms. The van der Waals surface area contributed by atoms with E-state index < -0.39 is 0 Å². The fraction of sp³-hybridized carbons (Fsp3) is 0.357. The number of methoxy groups -OCH3 is 1. The van der Waals surface area contributed by atoms with Crippen molar-refractivity contribution in [1.29, 1.82) is 0 Å². The van der Waals surface area contributed by atoms with Gasteiger partial charge in [0.15, 0.2) is 5.78 Å². The molecule has 2 aromatic rings. The maximum Gasteiger partial charge on any atom is 0.165 e. The number of nitrogens with zero attached hydrogens (tertiary/aromatic N) is 1. The van der Waals surface area contributed by atoms with Crippen LogP contribution in [0.2, 0.25) is 5.02 Å². The molecule has 0 radical (unpaired) electrons. The molecule has 0 amide bonds. The van der Waals surface area contributed by atoms with E-state index in [1.54, 1.807) is 7.11 Å². The van der Waals surface area contributed by atoms with Gasteiger partial charge in [-0.1, -0.05) is 11.6 Å². The smallest absolute Gasteiger partial charge is 0.165 e. The first-order valence-corrected chi connectivity index (χ1v) is 6.39. The largest absolute Gasteiger partial charge is 0.495 e. The predicted molar refractivity (Wildman–Crippen MR) is 71.7 cm³/mol. The van der Waals surface area contributed by atoms with E-state index in [4.69, 9.17) is 16.3 Å². The molecule has 0 atom stereocenters. The number of hydrogen-bond acceptors (Lipinski definition) is 2. The molecule has 0 saturated heterocycles. The van der Waals surface area contributed by atoms with Crippen LogP contribution in [0, 0.1) is 0 Å². The van der Waals surface area contributed by atoms with Gasteiger partial charge >= 0.3 is 0 Å². The zero-order valence-electron chi connectivity index (χ0n) is 10.4. The van der Waals surface area contributed by atoms with Gasteiger partial charge in [0.25, 0.3) is 0 Å². The second kappa shape index (κ2) is 4.02. The number of ether oxygens (including phenoxy) is 1. The Kier molecular flexibility index (Phi) is 2.59. The molecule has 1 aromatic carbocycles. The first kappa shape index (κ1) is 11.6. The van der Waals surface area contributed by atoms with E-state index in [0.29, 0.717) is 17.2 Å². The minimum Gasteiger partial charge on any atom is -0.495 e. The van der Waals surface area contributed by atoms with Crippen molar-refractivity contribution in [3.05, 3.63) is 28.4 Å². The number of hydrogen-bond donors (Lipinski definition) is 0. The van der Waals surface area contributed by atoms with Gasteiger partial charge in [-0.05, 0) is 25.0 Å². The summed E-state index contributed by atoms with van der Waals surface area (Å²) in [6.45, 7) is 0. The average Bonchev–Trinajstić information content (AvgIpc) is 2.63. The molecule has 3 nitrogen and oxygen atoms in total. The SMILES string of the molecule is COc1cc2c3c(n(C)c2cc1Cl)CCCC3=O. The molecule has 0 fully saturated rings. The fourth-order valence-electron chi connectivity index (χ4n) is 2.79. The number of aryl methyl sites for hydroxylation is 1. The van der Waals surface area contributed by atoms with Crippen molar-refractivity contribution in [1.82, 2.24) is 4.57 Å². The van der Waals surface area contributed by atoms with Crippen LogP contribution in [0.3, 0.4) is 0 Å². The lowest BCUT2D eigenvalue weighted by Crippen LogP contribution is -2.11. The van der Waals surface area contributed by atoms with E-state index in [1.807, 2.05) is 19.2 Å². The maximum atomic E-state index is 12.1. The predicted octanol–water partition coefficient (Wildman–Crippen LogP) is 3.36. The third kappa shape index (κ3) is 1.47. The number of ketones is 1. The maximum absolute atomic E-state index is 12.1. The van der Waals surface area contributed by atoms with E-state index in [2.05, 4.69) is 4.57 Å². The van der Waals surface area contributed by atoms with Crippen LogP contribution < -0.4 is 4.74 Å². The van der Waals surface area contributed by atoms with Crippen molar-refractivity contribution >= 4 is 28.3 Å². The van der Waals surface area contributed by atoms with Crippen molar-refractivity contribution < 1.29 is 9.53 Å². The molecule has 0 aliphatic heterocycles. The lowest BCUT2D eigenvalue weighted by Gasteiger charge is -2.12. The van der Waals surface area contributed by atoms with E-state index in [0.717, 1.165) is 35.0 Å². The third-order valence-electron chi connectivity index (χ3n) is 3.69. The Balaban J connectivity index is 2.41. The lowest BCUT2D eigenvalue weighted by atomic mass is 9.94. The molecule has 4 heteroatoms. The first-order chi connectivity index (χ1) is 8.63. The van der Waals surface area contributed by atoms with Gasteiger partial charge in [-0.3, -0.25) is 4.79 Å². The Labute approximate surface area is 110 Å². The fourth-order valence-corrected chi connectivity index (χ4v) is 3.03. The van der Waals surface area contributed by atoms with Gasteiger partial charge in [0.2, 0.25) is 0 Å². The van der Waals surface area contributed by atoms with Crippen LogP contribution in [0.25, 0.3) is 10.9 Å². The number of halogens is 1. The standard InChI is InChI=1S/C14H14ClNO2/c1-16-10-4-3-5-12(17)14(10)8-6-13(18-2)9(15)7-11(8)16/h6-7H,3-5H2,1-2H3. The summed E-state index contributed by atoms with van der Waals surface area (Å²) in [6.07, 6.45) is 2.52. The Morgan fingerprint density at radius 2 is 2.11 bits per heavy atom. The summed E-state index contributed by atoms with van der Waals surface area (Å²) >= 11 is 6.15. The molecular formula is C14H14ClNO2. The van der Waals surface area contributed by atoms with Crippen molar-refractivity contribution in [3.63, 3.8) is 0 Å². The second-order valence-corrected chi connectivity index (χ2v) is 5.07. The van der Waals surface area contributed by atoms with E-state index in [9.17, 15) is 4.79 Å². The molecule has 3 rings (SSSR count). The Morgan fingerprint density at radius 1 is 1.33 bits per heavy atom. The zero-order chi connectivity index (χ0) is 12.9. The average molecular weight is 264 g/mol. The number of rotatable bonds is 1. The number of carbonyl (C=O) groups excluding carboxylic acids is 1. The molecule has 0 saturated carbocycles. The molecule has 18 heavy (non-hydrogen) atoms. The van der Waals surface area contributed by atoms with Gasteiger partial charge in [-0.15, -0.1) is 0 Å². The number of benzene rings is 1. The van der Waals surface area contributed by atoms with Gasteiger partial charge in [-0.2, -0.15) is 0 Å². The first-order valence-electron chi connectivity index (χ1n) is 6.01. The van der Waals surface area contributed by atoms with Crippen LogP contribution in [-0.2, 0) is 13.5 Å². The monoisotopic (exact) mass is 263 g/mol. The summed E-state index contributed by atoms with van der Waals surface area (Å²) in [5, 5.41) is 1.54.